The summed E-state index contributed by atoms with van der Waals surface area (Å²) in [7, 11) is 1.96. The molecule has 0 saturated heterocycles. The Morgan fingerprint density at radius 2 is 2.38 bits per heavy atom. The molecule has 0 aliphatic carbocycles. The smallest absolute Gasteiger partial charge is 0.109 e. The van der Waals surface area contributed by atoms with Gasteiger partial charge in [-0.25, -0.2) is 0 Å². The molecule has 1 N–H and O–H groups in total. The van der Waals surface area contributed by atoms with Gasteiger partial charge in [-0.15, -0.1) is 0 Å². The minimum atomic E-state index is 0.251. The van der Waals surface area contributed by atoms with E-state index in [4.69, 9.17) is 16.3 Å². The van der Waals surface area contributed by atoms with Crippen molar-refractivity contribution in [2.24, 2.45) is 0 Å². The van der Waals surface area contributed by atoms with Gasteiger partial charge in [0.2, 0.25) is 0 Å². The Hall–Kier alpha value is -0.990. The van der Waals surface area contributed by atoms with Crippen LogP contribution in [0.2, 0.25) is 5.02 Å². The third-order valence-electron chi connectivity index (χ3n) is 2.75. The first-order valence-corrected chi connectivity index (χ1v) is 5.92. The lowest BCUT2D eigenvalue weighted by Gasteiger charge is -2.17. The molecular weight excluding hydrogens is 222 g/mol. The molecule has 0 aromatic heterocycles. The van der Waals surface area contributed by atoms with Gasteiger partial charge in [-0.1, -0.05) is 23.7 Å². The van der Waals surface area contributed by atoms with Crippen LogP contribution in [0.3, 0.4) is 0 Å². The number of ether oxygens (including phenoxy) is 1. The molecule has 1 aliphatic rings. The average Bonchev–Trinajstić information content (AvgIpc) is 2.79. The lowest BCUT2D eigenvalue weighted by molar-refractivity contribution is 0.217. The minimum absolute atomic E-state index is 0.251. The van der Waals surface area contributed by atoms with E-state index in [9.17, 15) is 0 Å². The van der Waals surface area contributed by atoms with E-state index >= 15 is 0 Å². The number of hydrogen-bond donors (Lipinski definition) is 1. The van der Waals surface area contributed by atoms with Crippen molar-refractivity contribution in [1.82, 2.24) is 5.32 Å². The molecule has 2 nitrogen and oxygen atoms in total. The Kier molecular flexibility index (Phi) is 3.86. The number of halogens is 1. The second-order valence-electron chi connectivity index (χ2n) is 3.92. The maximum atomic E-state index is 5.96. The maximum Gasteiger partial charge on any atom is 0.109 e. The normalized spacial score (nSPS) is 16.8. The quantitative estimate of drug-likeness (QED) is 0.870. The Balaban J connectivity index is 2.06. The predicted molar refractivity (Wildman–Crippen MR) is 66.7 cm³/mol. The standard InChI is InChI=1S/C13H16ClNO/c1-15-12(13-6-3-7-16-13)9-10-4-2-5-11(14)8-10/h2,4-6,8,12,15H,3,7,9H2,1H3. The molecule has 1 heterocycles. The summed E-state index contributed by atoms with van der Waals surface area (Å²) in [5.74, 6) is 1.06. The van der Waals surface area contributed by atoms with Crippen LogP contribution in [-0.4, -0.2) is 19.7 Å². The number of nitrogens with one attached hydrogen (secondary N) is 1. The van der Waals surface area contributed by atoms with Crippen molar-refractivity contribution in [1.29, 1.82) is 0 Å². The van der Waals surface area contributed by atoms with Gasteiger partial charge in [0.25, 0.3) is 0 Å². The van der Waals surface area contributed by atoms with Crippen molar-refractivity contribution in [3.05, 3.63) is 46.7 Å². The summed E-state index contributed by atoms with van der Waals surface area (Å²) < 4.78 is 5.57. The highest BCUT2D eigenvalue weighted by Gasteiger charge is 2.17. The van der Waals surface area contributed by atoms with Gasteiger partial charge in [0.05, 0.1) is 12.6 Å². The zero-order valence-corrected chi connectivity index (χ0v) is 10.1. The first-order valence-electron chi connectivity index (χ1n) is 5.54. The molecule has 0 bridgehead atoms. The fraction of sp³-hybridized carbons (Fsp3) is 0.385. The first-order chi connectivity index (χ1) is 7.79. The molecule has 0 fully saturated rings. The third kappa shape index (κ3) is 2.77. The molecule has 16 heavy (non-hydrogen) atoms. The molecule has 1 aliphatic heterocycles. The molecule has 2 rings (SSSR count). The van der Waals surface area contributed by atoms with Gasteiger partial charge in [0, 0.05) is 11.4 Å². The van der Waals surface area contributed by atoms with E-state index in [1.54, 1.807) is 0 Å². The third-order valence-corrected chi connectivity index (χ3v) is 2.99. The van der Waals surface area contributed by atoms with Crippen molar-refractivity contribution in [2.75, 3.05) is 13.7 Å². The van der Waals surface area contributed by atoms with Crippen LogP contribution in [-0.2, 0) is 11.2 Å². The second kappa shape index (κ2) is 5.37. The zero-order valence-electron chi connectivity index (χ0n) is 9.37. The molecule has 1 aromatic rings. The predicted octanol–water partition coefficient (Wildman–Crippen LogP) is 2.77. The van der Waals surface area contributed by atoms with Crippen molar-refractivity contribution in [2.45, 2.75) is 18.9 Å². The summed E-state index contributed by atoms with van der Waals surface area (Å²) in [4.78, 5) is 0. The summed E-state index contributed by atoms with van der Waals surface area (Å²) in [6.45, 7) is 0.809. The fourth-order valence-electron chi connectivity index (χ4n) is 1.92. The van der Waals surface area contributed by atoms with Gasteiger partial charge in [0.15, 0.2) is 0 Å². The van der Waals surface area contributed by atoms with Crippen LogP contribution in [0, 0.1) is 0 Å². The molecule has 0 spiro atoms. The largest absolute Gasteiger partial charge is 0.496 e. The van der Waals surface area contributed by atoms with Gasteiger partial charge in [-0.2, -0.15) is 0 Å². The monoisotopic (exact) mass is 237 g/mol. The van der Waals surface area contributed by atoms with Crippen LogP contribution in [0.25, 0.3) is 0 Å². The summed E-state index contributed by atoms with van der Waals surface area (Å²) in [6, 6.07) is 8.22. The van der Waals surface area contributed by atoms with Crippen LogP contribution in [0.1, 0.15) is 12.0 Å². The minimum Gasteiger partial charge on any atom is -0.496 e. The summed E-state index contributed by atoms with van der Waals surface area (Å²) >= 11 is 5.96. The van der Waals surface area contributed by atoms with E-state index in [0.717, 1.165) is 30.2 Å². The van der Waals surface area contributed by atoms with Gasteiger partial charge >= 0.3 is 0 Å². The lowest BCUT2D eigenvalue weighted by Crippen LogP contribution is -2.30. The SMILES string of the molecule is CNC(Cc1cccc(Cl)c1)C1=CCCO1. The molecule has 86 valence electrons. The summed E-state index contributed by atoms with van der Waals surface area (Å²) in [5.41, 5.74) is 1.23. The molecular formula is C13H16ClNO. The molecule has 1 aromatic carbocycles. The topological polar surface area (TPSA) is 21.3 Å². The van der Waals surface area contributed by atoms with Crippen LogP contribution >= 0.6 is 11.6 Å². The van der Waals surface area contributed by atoms with Crippen LogP contribution in [0.4, 0.5) is 0 Å². The Labute approximate surface area is 101 Å². The first kappa shape index (κ1) is 11.5. The zero-order chi connectivity index (χ0) is 11.4. The highest BCUT2D eigenvalue weighted by Crippen LogP contribution is 2.18. The van der Waals surface area contributed by atoms with Crippen LogP contribution in [0.15, 0.2) is 36.1 Å². The van der Waals surface area contributed by atoms with Crippen LogP contribution in [0.5, 0.6) is 0 Å². The van der Waals surface area contributed by atoms with E-state index in [2.05, 4.69) is 17.5 Å². The average molecular weight is 238 g/mol. The van der Waals surface area contributed by atoms with E-state index < -0.39 is 0 Å². The van der Waals surface area contributed by atoms with Gasteiger partial charge < -0.3 is 10.1 Å². The van der Waals surface area contributed by atoms with Gasteiger partial charge in [0.1, 0.15) is 5.76 Å². The highest BCUT2D eigenvalue weighted by atomic mass is 35.5. The fourth-order valence-corrected chi connectivity index (χ4v) is 2.14. The second-order valence-corrected chi connectivity index (χ2v) is 4.36. The van der Waals surface area contributed by atoms with Crippen LogP contribution < -0.4 is 5.32 Å². The Bertz CT molecular complexity index is 389. The van der Waals surface area contributed by atoms with Gasteiger partial charge in [-0.05, 0) is 37.2 Å². The molecule has 0 saturated carbocycles. The van der Waals surface area contributed by atoms with Crippen molar-refractivity contribution in [3.8, 4) is 0 Å². The number of likely N-dealkylation sites (N-methyl/N-ethyl adjacent to an activating group) is 1. The summed E-state index contributed by atoms with van der Waals surface area (Å²) in [6.07, 6.45) is 4.08. The van der Waals surface area contributed by atoms with Crippen molar-refractivity contribution < 1.29 is 4.74 Å². The van der Waals surface area contributed by atoms with E-state index in [0.29, 0.717) is 0 Å². The van der Waals surface area contributed by atoms with Crippen molar-refractivity contribution in [3.63, 3.8) is 0 Å². The molecule has 1 unspecified atom stereocenters. The Morgan fingerprint density at radius 3 is 3.00 bits per heavy atom. The van der Waals surface area contributed by atoms with E-state index in [1.807, 2.05) is 25.2 Å². The molecule has 1 atom stereocenters. The molecule has 3 heteroatoms. The van der Waals surface area contributed by atoms with Crippen molar-refractivity contribution >= 4 is 11.6 Å². The van der Waals surface area contributed by atoms with E-state index in [-0.39, 0.29) is 6.04 Å². The highest BCUT2D eigenvalue weighted by molar-refractivity contribution is 6.30. The molecule has 0 radical (unpaired) electrons. The van der Waals surface area contributed by atoms with E-state index in [1.165, 1.54) is 5.56 Å². The number of rotatable bonds is 4. The number of benzene rings is 1. The Morgan fingerprint density at radius 1 is 1.50 bits per heavy atom. The summed E-state index contributed by atoms with van der Waals surface area (Å²) in [5, 5.41) is 4.06. The van der Waals surface area contributed by atoms with Gasteiger partial charge in [-0.3, -0.25) is 0 Å². The lowest BCUT2D eigenvalue weighted by atomic mass is 10.0. The number of hydrogen-bond acceptors (Lipinski definition) is 2. The molecule has 0 amide bonds. The maximum absolute atomic E-state index is 5.96.